The van der Waals surface area contributed by atoms with Gasteiger partial charge in [0.2, 0.25) is 0 Å². The Morgan fingerprint density at radius 2 is 1.88 bits per heavy atom. The van der Waals surface area contributed by atoms with Gasteiger partial charge in [-0.15, -0.1) is 0 Å². The summed E-state index contributed by atoms with van der Waals surface area (Å²) in [6, 6.07) is 0.546. The number of nitrogens with two attached hydrogens (primary N) is 1. The van der Waals surface area contributed by atoms with Crippen molar-refractivity contribution < 1.29 is 0 Å². The Bertz CT molecular complexity index is 178. The van der Waals surface area contributed by atoms with Crippen LogP contribution in [0.1, 0.15) is 65.7 Å². The summed E-state index contributed by atoms with van der Waals surface area (Å²) in [5.74, 6) is 8.31. The Hall–Kier alpha value is -0.0800. The van der Waals surface area contributed by atoms with Gasteiger partial charge < -0.3 is 0 Å². The molecule has 0 saturated heterocycles. The van der Waals surface area contributed by atoms with Crippen LogP contribution < -0.4 is 11.3 Å². The fourth-order valence-electron chi connectivity index (χ4n) is 3.48. The molecule has 2 heteroatoms. The second kappa shape index (κ2) is 7.29. The maximum Gasteiger partial charge on any atom is 0.0266 e. The minimum Gasteiger partial charge on any atom is -0.271 e. The molecule has 96 valence electrons. The highest BCUT2D eigenvalue weighted by atomic mass is 15.2. The fourth-order valence-corrected chi connectivity index (χ4v) is 3.48. The van der Waals surface area contributed by atoms with Crippen molar-refractivity contribution in [1.29, 1.82) is 0 Å². The maximum atomic E-state index is 5.79. The summed E-state index contributed by atoms with van der Waals surface area (Å²) in [5, 5.41) is 0. The first kappa shape index (κ1) is 14.0. The molecule has 0 radical (unpaired) electrons. The zero-order valence-corrected chi connectivity index (χ0v) is 11.3. The number of rotatable bonds is 6. The number of hydrogen-bond acceptors (Lipinski definition) is 2. The molecule has 1 saturated carbocycles. The molecule has 0 amide bonds. The Kier molecular flexibility index (Phi) is 6.37. The first-order chi connectivity index (χ1) is 7.76. The fraction of sp³-hybridized carbons (Fsp3) is 1.00. The first-order valence-electron chi connectivity index (χ1n) is 7.22. The highest BCUT2D eigenvalue weighted by Gasteiger charge is 2.30. The van der Waals surface area contributed by atoms with Crippen LogP contribution in [0.2, 0.25) is 0 Å². The maximum absolute atomic E-state index is 5.79. The van der Waals surface area contributed by atoms with Crippen molar-refractivity contribution in [3.05, 3.63) is 0 Å². The molecule has 2 nitrogen and oxygen atoms in total. The zero-order chi connectivity index (χ0) is 12.0. The summed E-state index contributed by atoms with van der Waals surface area (Å²) in [5.41, 5.74) is 3.12. The second-order valence-corrected chi connectivity index (χ2v) is 5.47. The van der Waals surface area contributed by atoms with Gasteiger partial charge in [-0.1, -0.05) is 52.9 Å². The third kappa shape index (κ3) is 3.46. The molecule has 1 aliphatic carbocycles. The summed E-state index contributed by atoms with van der Waals surface area (Å²) in [7, 11) is 0. The van der Waals surface area contributed by atoms with Gasteiger partial charge in [-0.25, -0.2) is 0 Å². The van der Waals surface area contributed by atoms with E-state index in [1.165, 1.54) is 44.9 Å². The van der Waals surface area contributed by atoms with E-state index in [0.29, 0.717) is 6.04 Å². The van der Waals surface area contributed by atoms with Crippen molar-refractivity contribution >= 4 is 0 Å². The summed E-state index contributed by atoms with van der Waals surface area (Å²) >= 11 is 0. The van der Waals surface area contributed by atoms with Gasteiger partial charge in [0.1, 0.15) is 0 Å². The van der Waals surface area contributed by atoms with E-state index in [0.717, 1.165) is 17.8 Å². The van der Waals surface area contributed by atoms with Crippen LogP contribution in [-0.4, -0.2) is 6.04 Å². The summed E-state index contributed by atoms with van der Waals surface area (Å²) in [6.45, 7) is 6.91. The van der Waals surface area contributed by atoms with Crippen molar-refractivity contribution in [3.8, 4) is 0 Å². The van der Waals surface area contributed by atoms with Gasteiger partial charge in [0.15, 0.2) is 0 Å². The van der Waals surface area contributed by atoms with Gasteiger partial charge in [-0.3, -0.25) is 11.3 Å². The Morgan fingerprint density at radius 3 is 2.38 bits per heavy atom. The predicted octanol–water partition coefficient (Wildman–Crippen LogP) is 3.47. The molecule has 3 atom stereocenters. The van der Waals surface area contributed by atoms with Crippen LogP contribution >= 0.6 is 0 Å². The Balaban J connectivity index is 2.57. The number of hydrogen-bond donors (Lipinski definition) is 2. The Labute approximate surface area is 101 Å². The van der Waals surface area contributed by atoms with Crippen molar-refractivity contribution in [3.63, 3.8) is 0 Å². The smallest absolute Gasteiger partial charge is 0.0266 e. The van der Waals surface area contributed by atoms with Crippen molar-refractivity contribution in [2.75, 3.05) is 0 Å². The van der Waals surface area contributed by atoms with Crippen LogP contribution in [0.3, 0.4) is 0 Å². The highest BCUT2D eigenvalue weighted by molar-refractivity contribution is 4.85. The lowest BCUT2D eigenvalue weighted by Gasteiger charge is -2.37. The highest BCUT2D eigenvalue weighted by Crippen LogP contribution is 2.35. The molecule has 0 bridgehead atoms. The topological polar surface area (TPSA) is 38.0 Å². The minimum absolute atomic E-state index is 0.546. The Morgan fingerprint density at radius 1 is 1.19 bits per heavy atom. The molecule has 0 heterocycles. The standard InChI is InChI=1S/C14H30N2/c1-4-11-8-7-9-13(10-11)14(16-15)12(5-2)6-3/h11-14,16H,4-10,15H2,1-3H3. The van der Waals surface area contributed by atoms with E-state index in [2.05, 4.69) is 26.2 Å². The molecular weight excluding hydrogens is 196 g/mol. The van der Waals surface area contributed by atoms with Gasteiger partial charge in [-0.2, -0.15) is 0 Å². The van der Waals surface area contributed by atoms with E-state index in [4.69, 9.17) is 5.84 Å². The molecule has 3 N–H and O–H groups in total. The number of hydrazine groups is 1. The average molecular weight is 226 g/mol. The van der Waals surface area contributed by atoms with Crippen LogP contribution in [0.4, 0.5) is 0 Å². The van der Waals surface area contributed by atoms with Crippen molar-refractivity contribution in [2.45, 2.75) is 71.8 Å². The molecule has 16 heavy (non-hydrogen) atoms. The molecule has 0 spiro atoms. The normalized spacial score (nSPS) is 28.3. The lowest BCUT2D eigenvalue weighted by atomic mass is 9.73. The predicted molar refractivity (Wildman–Crippen MR) is 70.9 cm³/mol. The molecular formula is C14H30N2. The molecule has 0 aromatic carbocycles. The molecule has 1 fully saturated rings. The summed E-state index contributed by atoms with van der Waals surface area (Å²) in [4.78, 5) is 0. The van der Waals surface area contributed by atoms with Crippen LogP contribution in [0.5, 0.6) is 0 Å². The van der Waals surface area contributed by atoms with Crippen LogP contribution in [-0.2, 0) is 0 Å². The minimum atomic E-state index is 0.546. The first-order valence-corrected chi connectivity index (χ1v) is 7.22. The lowest BCUT2D eigenvalue weighted by molar-refractivity contribution is 0.162. The van der Waals surface area contributed by atoms with Gasteiger partial charge >= 0.3 is 0 Å². The van der Waals surface area contributed by atoms with E-state index in [9.17, 15) is 0 Å². The van der Waals surface area contributed by atoms with Gasteiger partial charge in [0, 0.05) is 6.04 Å². The quantitative estimate of drug-likeness (QED) is 0.537. The van der Waals surface area contributed by atoms with Gasteiger partial charge in [-0.05, 0) is 30.6 Å². The van der Waals surface area contributed by atoms with Crippen LogP contribution in [0.25, 0.3) is 0 Å². The SMILES string of the molecule is CCC1CCCC(C(NN)C(CC)CC)C1. The average Bonchev–Trinajstić information content (AvgIpc) is 2.35. The molecule has 0 aliphatic heterocycles. The van der Waals surface area contributed by atoms with Crippen LogP contribution in [0, 0.1) is 17.8 Å². The van der Waals surface area contributed by atoms with Crippen molar-refractivity contribution in [2.24, 2.45) is 23.6 Å². The third-order valence-electron chi connectivity index (χ3n) is 4.66. The third-order valence-corrected chi connectivity index (χ3v) is 4.66. The van der Waals surface area contributed by atoms with Crippen molar-refractivity contribution in [1.82, 2.24) is 5.43 Å². The number of nitrogens with one attached hydrogen (secondary N) is 1. The zero-order valence-electron chi connectivity index (χ0n) is 11.3. The summed E-state index contributed by atoms with van der Waals surface area (Å²) in [6.07, 6.45) is 9.45. The van der Waals surface area contributed by atoms with E-state index in [1.807, 2.05) is 0 Å². The molecule has 1 rings (SSSR count). The van der Waals surface area contributed by atoms with E-state index in [1.54, 1.807) is 0 Å². The molecule has 3 unspecified atom stereocenters. The van der Waals surface area contributed by atoms with Gasteiger partial charge in [0.25, 0.3) is 0 Å². The second-order valence-electron chi connectivity index (χ2n) is 5.47. The summed E-state index contributed by atoms with van der Waals surface area (Å²) < 4.78 is 0. The van der Waals surface area contributed by atoms with Gasteiger partial charge in [0.05, 0.1) is 0 Å². The van der Waals surface area contributed by atoms with E-state index in [-0.39, 0.29) is 0 Å². The van der Waals surface area contributed by atoms with E-state index >= 15 is 0 Å². The van der Waals surface area contributed by atoms with Crippen LogP contribution in [0.15, 0.2) is 0 Å². The molecule has 1 aliphatic rings. The molecule has 0 aromatic heterocycles. The lowest BCUT2D eigenvalue weighted by Crippen LogP contribution is -2.47. The largest absolute Gasteiger partial charge is 0.271 e. The monoisotopic (exact) mass is 226 g/mol. The van der Waals surface area contributed by atoms with E-state index < -0.39 is 0 Å². The molecule has 0 aromatic rings.